The van der Waals surface area contributed by atoms with Gasteiger partial charge in [-0.15, -0.1) is 28.2 Å². The number of aliphatic carboxylic acids is 1. The van der Waals surface area contributed by atoms with Gasteiger partial charge in [-0.25, -0.2) is 19.3 Å². The smallest absolute Gasteiger partial charge is 0.352 e. The number of thiazole rings is 1. The van der Waals surface area contributed by atoms with E-state index in [9.17, 15) is 19.5 Å². The summed E-state index contributed by atoms with van der Waals surface area (Å²) in [5.41, 5.74) is 6.98. The molecule has 2 aliphatic rings. The molecule has 0 bridgehead atoms. The Kier molecular flexibility index (Phi) is 7.53. The van der Waals surface area contributed by atoms with Gasteiger partial charge in [0, 0.05) is 22.8 Å². The number of oxime groups is 1. The number of carbonyl (C=O) groups excluding carboxylic acids is 2. The number of hydrogen-bond acceptors (Lipinski definition) is 12. The molecule has 39 heavy (non-hydrogen) atoms. The number of fused-ring (bicyclic) bond motifs is 1. The fourth-order valence-corrected chi connectivity index (χ4v) is 6.36. The molecule has 3 aromatic heterocycles. The predicted molar refractivity (Wildman–Crippen MR) is 144 cm³/mol. The van der Waals surface area contributed by atoms with Crippen LogP contribution in [0.2, 0.25) is 0 Å². The number of hydrogen-bond donors (Lipinski definition) is 4. The van der Waals surface area contributed by atoms with Crippen molar-refractivity contribution in [2.24, 2.45) is 5.16 Å². The van der Waals surface area contributed by atoms with Crippen LogP contribution in [0, 0.1) is 0 Å². The van der Waals surface area contributed by atoms with E-state index in [1.165, 1.54) is 35.5 Å². The molecular weight excluding hydrogens is 567 g/mol. The molecule has 0 spiro atoms. The second-order valence-corrected chi connectivity index (χ2v) is 11.0. The number of H-pyrrole nitrogens is 1. The number of nitrogens with zero attached hydrogens (tertiary/aromatic N) is 6. The number of nitrogens with two attached hydrogens (primary N) is 1. The molecule has 14 nitrogen and oxygen atoms in total. The van der Waals surface area contributed by atoms with Crippen LogP contribution < -0.4 is 15.6 Å². The zero-order valence-electron chi connectivity index (χ0n) is 20.5. The first-order valence-electron chi connectivity index (χ1n) is 11.3. The first kappa shape index (κ1) is 26.6. The van der Waals surface area contributed by atoms with Crippen LogP contribution in [0.3, 0.4) is 0 Å². The SMILES string of the molecule is CO/N=C(/C(=O)N[C@@H]1C(=O)N2C(C(=O)O)=C(C[n+]3cccc(-c4nc(SC)n[nH]4)c3)CS[C@H]12)c1csc(N)n1. The minimum Gasteiger partial charge on any atom is -0.477 e. The highest BCUT2D eigenvalue weighted by atomic mass is 32.2. The van der Waals surface area contributed by atoms with Crippen LogP contribution >= 0.6 is 34.9 Å². The monoisotopic (exact) mass is 588 g/mol. The van der Waals surface area contributed by atoms with Crippen molar-refractivity contribution < 1.29 is 28.9 Å². The maximum atomic E-state index is 13.1. The van der Waals surface area contributed by atoms with E-state index in [4.69, 9.17) is 10.6 Å². The van der Waals surface area contributed by atoms with Crippen LogP contribution in [0.25, 0.3) is 11.4 Å². The number of carboxylic acids is 1. The van der Waals surface area contributed by atoms with Gasteiger partial charge in [0.15, 0.2) is 35.6 Å². The molecule has 0 radical (unpaired) electrons. The lowest BCUT2D eigenvalue weighted by atomic mass is 10.0. The van der Waals surface area contributed by atoms with Crippen molar-refractivity contribution in [3.05, 3.63) is 46.9 Å². The van der Waals surface area contributed by atoms with E-state index in [1.807, 2.05) is 29.2 Å². The summed E-state index contributed by atoms with van der Waals surface area (Å²) in [5.74, 6) is -1.50. The lowest BCUT2D eigenvalue weighted by Crippen LogP contribution is -2.71. The van der Waals surface area contributed by atoms with Crippen LogP contribution in [-0.2, 0) is 25.8 Å². The third kappa shape index (κ3) is 5.19. The minimum absolute atomic E-state index is 0.0884. The molecule has 5 heterocycles. The van der Waals surface area contributed by atoms with Gasteiger partial charge in [-0.05, 0) is 12.3 Å². The largest absolute Gasteiger partial charge is 0.477 e. The van der Waals surface area contributed by atoms with Crippen LogP contribution in [0.4, 0.5) is 5.13 Å². The van der Waals surface area contributed by atoms with Gasteiger partial charge in [0.2, 0.25) is 5.16 Å². The van der Waals surface area contributed by atoms with Gasteiger partial charge in [0.05, 0.1) is 5.56 Å². The quantitative estimate of drug-likeness (QED) is 0.0884. The standard InChI is InChI=1S/C22H21N9O5S3/c1-36-29-13(12-9-39-21(23)24-12)17(32)25-14-18(33)31-15(20(34)35)11(8-38-19(14)31)7-30-5-3-4-10(6-30)16-26-22(37-2)28-27-16/h3-6,9,14,19H,7-8H2,1-2H3,(H4-,23,24,25,26,27,28,32,34,35)/p+1/b29-13+/t14-,19-/m1/s1. The topological polar surface area (TPSA) is 193 Å². The molecule has 2 amide bonds. The maximum absolute atomic E-state index is 13.1. The van der Waals surface area contributed by atoms with Crippen molar-refractivity contribution in [3.63, 3.8) is 0 Å². The molecule has 17 heteroatoms. The maximum Gasteiger partial charge on any atom is 0.352 e. The molecule has 2 aliphatic heterocycles. The normalized spacial score (nSPS) is 19.0. The van der Waals surface area contributed by atoms with E-state index in [2.05, 4.69) is 30.6 Å². The van der Waals surface area contributed by atoms with Crippen LogP contribution in [0.15, 0.2) is 51.5 Å². The number of nitrogen functional groups attached to an aromatic ring is 1. The number of thioether (sulfide) groups is 2. The van der Waals surface area contributed by atoms with Crippen molar-refractivity contribution in [2.45, 2.75) is 23.1 Å². The van der Waals surface area contributed by atoms with E-state index < -0.39 is 29.2 Å². The summed E-state index contributed by atoms with van der Waals surface area (Å²) < 4.78 is 1.83. The number of β-lactam (4-membered cyclic amide) rings is 1. The first-order chi connectivity index (χ1) is 18.8. The number of anilines is 1. The molecule has 5 rings (SSSR count). The zero-order chi connectivity index (χ0) is 27.7. The van der Waals surface area contributed by atoms with E-state index in [1.54, 1.807) is 11.6 Å². The molecular formula is C22H22N9O5S3+. The Morgan fingerprint density at radius 2 is 2.26 bits per heavy atom. The molecule has 1 saturated heterocycles. The molecule has 1 fully saturated rings. The summed E-state index contributed by atoms with van der Waals surface area (Å²) in [6.07, 6.45) is 5.51. The summed E-state index contributed by atoms with van der Waals surface area (Å²) in [6, 6.07) is 2.75. The summed E-state index contributed by atoms with van der Waals surface area (Å²) in [7, 11) is 1.28. The fourth-order valence-electron chi connectivity index (χ4n) is 4.15. The number of aromatic amines is 1. The van der Waals surface area contributed by atoms with E-state index in [0.717, 1.165) is 16.9 Å². The number of nitrogens with one attached hydrogen (secondary N) is 2. The Morgan fingerprint density at radius 3 is 2.92 bits per heavy atom. The number of carbonyl (C=O) groups is 3. The van der Waals surface area contributed by atoms with Gasteiger partial charge in [0.25, 0.3) is 11.8 Å². The Hall–Kier alpha value is -3.96. The van der Waals surface area contributed by atoms with Crippen molar-refractivity contribution in [1.82, 2.24) is 30.4 Å². The summed E-state index contributed by atoms with van der Waals surface area (Å²) in [6.45, 7) is 0.245. The lowest BCUT2D eigenvalue weighted by molar-refractivity contribution is -0.688. The highest BCUT2D eigenvalue weighted by Crippen LogP contribution is 2.40. The molecule has 0 aliphatic carbocycles. The third-order valence-electron chi connectivity index (χ3n) is 5.85. The van der Waals surface area contributed by atoms with Gasteiger partial charge >= 0.3 is 5.97 Å². The second-order valence-electron chi connectivity index (χ2n) is 8.25. The van der Waals surface area contributed by atoms with Crippen molar-refractivity contribution in [3.8, 4) is 11.4 Å². The number of aromatic nitrogens is 5. The van der Waals surface area contributed by atoms with E-state index in [0.29, 0.717) is 22.3 Å². The Morgan fingerprint density at radius 1 is 1.44 bits per heavy atom. The summed E-state index contributed by atoms with van der Waals surface area (Å²) >= 11 is 3.91. The molecule has 3 aromatic rings. The number of pyridine rings is 1. The third-order valence-corrected chi connectivity index (χ3v) is 8.41. The average Bonchev–Trinajstić information content (AvgIpc) is 3.59. The van der Waals surface area contributed by atoms with Crippen molar-refractivity contribution in [1.29, 1.82) is 0 Å². The lowest BCUT2D eigenvalue weighted by Gasteiger charge is -2.49. The van der Waals surface area contributed by atoms with Gasteiger partial charge < -0.3 is 21.0 Å². The average molecular weight is 589 g/mol. The highest BCUT2D eigenvalue weighted by molar-refractivity contribution is 8.00. The molecule has 2 atom stereocenters. The van der Waals surface area contributed by atoms with Gasteiger partial charge in [-0.3, -0.25) is 19.6 Å². The van der Waals surface area contributed by atoms with Gasteiger partial charge in [0.1, 0.15) is 29.9 Å². The zero-order valence-corrected chi connectivity index (χ0v) is 23.0. The molecule has 0 unspecified atom stereocenters. The molecule has 0 aromatic carbocycles. The Bertz CT molecular complexity index is 1520. The highest BCUT2D eigenvalue weighted by Gasteiger charge is 2.54. The Balaban J connectivity index is 1.34. The van der Waals surface area contributed by atoms with Crippen molar-refractivity contribution >= 4 is 63.5 Å². The minimum atomic E-state index is -1.22. The van der Waals surface area contributed by atoms with E-state index in [-0.39, 0.29) is 28.8 Å². The molecule has 5 N–H and O–H groups in total. The Labute approximate surface area is 233 Å². The van der Waals surface area contributed by atoms with Crippen LogP contribution in [0.5, 0.6) is 0 Å². The first-order valence-corrected chi connectivity index (χ1v) is 14.4. The van der Waals surface area contributed by atoms with Gasteiger partial charge in [-0.2, -0.15) is 0 Å². The van der Waals surface area contributed by atoms with Crippen molar-refractivity contribution in [2.75, 3.05) is 24.9 Å². The summed E-state index contributed by atoms with van der Waals surface area (Å²) in [4.78, 5) is 52.8. The fraction of sp³-hybridized carbons (Fsp3) is 0.273. The molecule has 202 valence electrons. The second kappa shape index (κ2) is 11.0. The number of carboxylic acid groups (broad SMARTS) is 1. The van der Waals surface area contributed by atoms with Gasteiger partial charge in [-0.1, -0.05) is 16.9 Å². The molecule has 0 saturated carbocycles. The number of amides is 2. The van der Waals surface area contributed by atoms with Crippen LogP contribution in [0.1, 0.15) is 5.69 Å². The number of rotatable bonds is 9. The predicted octanol–water partition coefficient (Wildman–Crippen LogP) is 0.309. The van der Waals surface area contributed by atoms with Crippen LogP contribution in [-0.4, -0.2) is 84.2 Å². The van der Waals surface area contributed by atoms with E-state index >= 15 is 0 Å². The summed E-state index contributed by atoms with van der Waals surface area (Å²) in [5, 5.41) is 25.2.